The monoisotopic (exact) mass is 281 g/mol. The number of ether oxygens (including phenoxy) is 1. The molecular formula is C12H24O7. The van der Waals surface area contributed by atoms with Gasteiger partial charge in [0.25, 0.3) is 0 Å². The quantitative estimate of drug-likeness (QED) is 0.245. The predicted octanol–water partition coefficient (Wildman–Crippen LogP) is -1.45. The van der Waals surface area contributed by atoms with E-state index in [1.165, 1.54) is 0 Å². The van der Waals surface area contributed by atoms with Gasteiger partial charge in [-0.25, -0.2) is 0 Å². The first-order valence-corrected chi connectivity index (χ1v) is 6.22. The zero-order valence-electron chi connectivity index (χ0n) is 11.8. The molecule has 0 fully saturated rings. The topological polar surface area (TPSA) is 127 Å². The van der Waals surface area contributed by atoms with Crippen molar-refractivity contribution in [3.05, 3.63) is 0 Å². The number of esters is 1. The summed E-state index contributed by atoms with van der Waals surface area (Å²) in [6, 6.07) is 0. The van der Waals surface area contributed by atoms with Crippen LogP contribution in [0.25, 0.3) is 0 Å². The van der Waals surface area contributed by atoms with E-state index < -0.39 is 43.6 Å². The van der Waals surface area contributed by atoms with Crippen LogP contribution < -0.4 is 0 Å². The van der Waals surface area contributed by atoms with E-state index in [9.17, 15) is 20.1 Å². The van der Waals surface area contributed by atoms with Gasteiger partial charge in [0.05, 0.1) is 6.61 Å². The molecule has 7 heteroatoms. The van der Waals surface area contributed by atoms with Crippen LogP contribution in [0.5, 0.6) is 0 Å². The molecule has 0 saturated carbocycles. The van der Waals surface area contributed by atoms with Crippen molar-refractivity contribution in [3.63, 3.8) is 0 Å². The maximum Gasteiger partial charge on any atom is 0.305 e. The Morgan fingerprint density at radius 2 is 1.79 bits per heavy atom. The van der Waals surface area contributed by atoms with Crippen molar-refractivity contribution in [1.82, 2.24) is 0 Å². The highest BCUT2D eigenvalue weighted by molar-refractivity contribution is 5.69. The van der Waals surface area contributed by atoms with E-state index in [4.69, 9.17) is 16.3 Å². The summed E-state index contributed by atoms with van der Waals surface area (Å²) >= 11 is 0. The van der Waals surface area contributed by atoms with Gasteiger partial charge in [0.1, 0.15) is 31.0 Å². The van der Waals surface area contributed by atoms with Gasteiger partial charge in [-0.1, -0.05) is 19.7 Å². The third-order valence-electron chi connectivity index (χ3n) is 2.62. The Kier molecular flexibility index (Phi) is 8.68. The second kappa shape index (κ2) is 10.1. The molecule has 0 aliphatic rings. The van der Waals surface area contributed by atoms with E-state index in [2.05, 4.69) is 0 Å². The lowest BCUT2D eigenvalue weighted by Crippen LogP contribution is -2.47. The Morgan fingerprint density at radius 3 is 2.37 bits per heavy atom. The number of aliphatic hydroxyl groups is 5. The van der Waals surface area contributed by atoms with Crippen LogP contribution >= 0.6 is 0 Å². The summed E-state index contributed by atoms with van der Waals surface area (Å²) in [6.45, 7) is -0.959. The molecule has 114 valence electrons. The second-order valence-corrected chi connectivity index (χ2v) is 4.29. The standard InChI is InChI=1S/C12H24O7/c1-2-3-4-5-10(16)19-7-9(15)12(18)11(17)8(14)6-13/h8-9,11-15,17-18H,2-7H2,1H3/t8-,9+,11+,12+/m0/s1/i1D. The molecule has 0 unspecified atom stereocenters. The molecule has 0 aliphatic heterocycles. The molecule has 0 heterocycles. The number of rotatable bonds is 10. The van der Waals surface area contributed by atoms with Crippen LogP contribution in [-0.2, 0) is 9.53 Å². The summed E-state index contributed by atoms with van der Waals surface area (Å²) in [5.41, 5.74) is 0. The zero-order chi connectivity index (χ0) is 15.5. The Labute approximate surface area is 113 Å². The van der Waals surface area contributed by atoms with Crippen molar-refractivity contribution in [3.8, 4) is 0 Å². The molecule has 5 N–H and O–H groups in total. The number of carbonyl (C=O) groups excluding carboxylic acids is 1. The van der Waals surface area contributed by atoms with Gasteiger partial charge in [-0.2, -0.15) is 0 Å². The smallest absolute Gasteiger partial charge is 0.305 e. The second-order valence-electron chi connectivity index (χ2n) is 4.29. The van der Waals surface area contributed by atoms with Gasteiger partial charge in [0.15, 0.2) is 0 Å². The van der Waals surface area contributed by atoms with E-state index >= 15 is 0 Å². The van der Waals surface area contributed by atoms with Gasteiger partial charge in [-0.3, -0.25) is 4.79 Å². The number of hydrogen-bond acceptors (Lipinski definition) is 7. The van der Waals surface area contributed by atoms with Gasteiger partial charge >= 0.3 is 5.97 Å². The predicted molar refractivity (Wildman–Crippen MR) is 66.2 cm³/mol. The van der Waals surface area contributed by atoms with Crippen LogP contribution in [0.2, 0.25) is 0 Å². The first-order valence-electron chi connectivity index (χ1n) is 6.92. The minimum absolute atomic E-state index is 0.157. The molecular weight excluding hydrogens is 256 g/mol. The number of hydrogen-bond donors (Lipinski definition) is 5. The third kappa shape index (κ3) is 7.44. The molecule has 0 bridgehead atoms. The maximum absolute atomic E-state index is 11.3. The Hall–Kier alpha value is -0.730. The molecule has 0 aliphatic carbocycles. The Bertz CT molecular complexity index is 264. The normalized spacial score (nSPS) is 18.3. The van der Waals surface area contributed by atoms with Crippen molar-refractivity contribution < 1.29 is 36.4 Å². The lowest BCUT2D eigenvalue weighted by atomic mass is 10.0. The van der Waals surface area contributed by atoms with Crippen LogP contribution in [0.15, 0.2) is 0 Å². The summed E-state index contributed by atoms with van der Waals surface area (Å²) in [4.78, 5) is 11.3. The van der Waals surface area contributed by atoms with E-state index in [-0.39, 0.29) is 6.42 Å². The lowest BCUT2D eigenvalue weighted by Gasteiger charge is -2.25. The van der Waals surface area contributed by atoms with Crippen molar-refractivity contribution in [2.45, 2.75) is 57.0 Å². The van der Waals surface area contributed by atoms with Crippen LogP contribution in [0.4, 0.5) is 0 Å². The van der Waals surface area contributed by atoms with Crippen molar-refractivity contribution >= 4 is 5.97 Å². The molecule has 0 spiro atoms. The SMILES string of the molecule is [2H]CCCCCC(=O)OC[C@@H](O)[C@@H](O)[C@H](O)[C@@H](O)CO. The summed E-state index contributed by atoms with van der Waals surface area (Å²) in [5, 5.41) is 46.0. The minimum atomic E-state index is -1.73. The van der Waals surface area contributed by atoms with Crippen molar-refractivity contribution in [2.75, 3.05) is 13.2 Å². The van der Waals surface area contributed by atoms with Gasteiger partial charge < -0.3 is 30.3 Å². The van der Waals surface area contributed by atoms with Crippen LogP contribution in [0, 0.1) is 0 Å². The highest BCUT2D eigenvalue weighted by Crippen LogP contribution is 2.07. The van der Waals surface area contributed by atoms with E-state index in [1.54, 1.807) is 0 Å². The highest BCUT2D eigenvalue weighted by atomic mass is 16.5. The van der Waals surface area contributed by atoms with Crippen LogP contribution in [-0.4, -0.2) is 69.1 Å². The van der Waals surface area contributed by atoms with E-state index in [1.807, 2.05) is 0 Å². The first kappa shape index (κ1) is 16.3. The summed E-state index contributed by atoms with van der Waals surface area (Å²) in [5.74, 6) is -0.543. The van der Waals surface area contributed by atoms with E-state index in [0.717, 1.165) is 6.42 Å². The fraction of sp³-hybridized carbons (Fsp3) is 0.917. The van der Waals surface area contributed by atoms with Gasteiger partial charge in [-0.15, -0.1) is 0 Å². The molecule has 0 aromatic carbocycles. The fourth-order valence-electron chi connectivity index (χ4n) is 1.36. The number of unbranched alkanes of at least 4 members (excludes halogenated alkanes) is 2. The summed E-state index contributed by atoms with van der Waals surface area (Å²) < 4.78 is 11.6. The third-order valence-corrected chi connectivity index (χ3v) is 2.62. The van der Waals surface area contributed by atoms with Gasteiger partial charge in [0, 0.05) is 7.79 Å². The van der Waals surface area contributed by atoms with Gasteiger partial charge in [-0.05, 0) is 6.42 Å². The van der Waals surface area contributed by atoms with E-state index in [0.29, 0.717) is 19.7 Å². The maximum atomic E-state index is 11.3. The largest absolute Gasteiger partial charge is 0.463 e. The molecule has 7 nitrogen and oxygen atoms in total. The minimum Gasteiger partial charge on any atom is -0.463 e. The Morgan fingerprint density at radius 1 is 1.16 bits per heavy atom. The molecule has 19 heavy (non-hydrogen) atoms. The zero-order valence-corrected chi connectivity index (χ0v) is 10.8. The molecule has 0 aromatic rings. The molecule has 0 aromatic heterocycles. The van der Waals surface area contributed by atoms with Crippen LogP contribution in [0.1, 0.15) is 34.0 Å². The molecule has 0 radical (unpaired) electrons. The van der Waals surface area contributed by atoms with Crippen molar-refractivity contribution in [1.29, 1.82) is 0 Å². The van der Waals surface area contributed by atoms with Crippen LogP contribution in [0.3, 0.4) is 0 Å². The number of carbonyl (C=O) groups is 1. The Balaban J connectivity index is 3.90. The first-order chi connectivity index (χ1) is 9.43. The average molecular weight is 281 g/mol. The molecule has 4 atom stereocenters. The molecule has 0 amide bonds. The number of aliphatic hydroxyl groups excluding tert-OH is 5. The fourth-order valence-corrected chi connectivity index (χ4v) is 1.36. The molecule has 0 rings (SSSR count). The average Bonchev–Trinajstić information content (AvgIpc) is 2.46. The van der Waals surface area contributed by atoms with Crippen molar-refractivity contribution in [2.24, 2.45) is 0 Å². The highest BCUT2D eigenvalue weighted by Gasteiger charge is 2.30. The molecule has 0 saturated heterocycles. The summed E-state index contributed by atoms with van der Waals surface area (Å²) in [6.07, 6.45) is -4.40. The van der Waals surface area contributed by atoms with Gasteiger partial charge in [0.2, 0.25) is 0 Å². The summed E-state index contributed by atoms with van der Waals surface area (Å²) in [7, 11) is 0. The lowest BCUT2D eigenvalue weighted by molar-refractivity contribution is -0.156.